The van der Waals surface area contributed by atoms with E-state index in [1.807, 2.05) is 55.4 Å². The zero-order chi connectivity index (χ0) is 17.8. The van der Waals surface area contributed by atoms with E-state index < -0.39 is 0 Å². The first-order chi connectivity index (χ1) is 12.1. The number of ether oxygens (including phenoxy) is 1. The van der Waals surface area contributed by atoms with Gasteiger partial charge in [-0.05, 0) is 29.8 Å². The monoisotopic (exact) mass is 338 g/mol. The highest BCUT2D eigenvalue weighted by molar-refractivity contribution is 5.92. The molecule has 0 saturated heterocycles. The van der Waals surface area contributed by atoms with Crippen molar-refractivity contribution < 1.29 is 9.84 Å². The first kappa shape index (κ1) is 17.0. The number of methoxy groups -OCH3 is 1. The van der Waals surface area contributed by atoms with Gasteiger partial charge in [0.2, 0.25) is 0 Å². The number of aliphatic hydroxyl groups excluding tert-OH is 1. The number of benzene rings is 2. The standard InChI is InChI=1S/C19H22N4O2/c1-23(2)14-7-4-6-13(10-14)16(11-24)22-19-15-8-5-9-17(25-3)18(15)20-12-21-19/h4-10,12,16,24H,11H2,1-3H3,(H,20,21,22)/t16-/m0/s1. The molecule has 0 fully saturated rings. The Hall–Kier alpha value is -2.86. The normalized spacial score (nSPS) is 12.0. The fourth-order valence-electron chi connectivity index (χ4n) is 2.76. The second kappa shape index (κ2) is 7.36. The van der Waals surface area contributed by atoms with Gasteiger partial charge in [-0.15, -0.1) is 0 Å². The number of fused-ring (bicyclic) bond motifs is 1. The molecule has 0 aliphatic carbocycles. The lowest BCUT2D eigenvalue weighted by atomic mass is 10.1. The summed E-state index contributed by atoms with van der Waals surface area (Å²) in [5, 5.41) is 14.1. The van der Waals surface area contributed by atoms with E-state index in [0.29, 0.717) is 11.6 Å². The first-order valence-corrected chi connectivity index (χ1v) is 8.06. The van der Waals surface area contributed by atoms with Crippen LogP contribution in [0.1, 0.15) is 11.6 Å². The van der Waals surface area contributed by atoms with Crippen molar-refractivity contribution in [2.45, 2.75) is 6.04 Å². The summed E-state index contributed by atoms with van der Waals surface area (Å²) in [5.41, 5.74) is 2.80. The van der Waals surface area contributed by atoms with Gasteiger partial charge < -0.3 is 20.1 Å². The molecule has 0 spiro atoms. The molecule has 1 heterocycles. The van der Waals surface area contributed by atoms with Gasteiger partial charge in [0, 0.05) is 25.2 Å². The van der Waals surface area contributed by atoms with Gasteiger partial charge in [-0.3, -0.25) is 0 Å². The van der Waals surface area contributed by atoms with Crippen LogP contribution in [0.2, 0.25) is 0 Å². The molecule has 25 heavy (non-hydrogen) atoms. The summed E-state index contributed by atoms with van der Waals surface area (Å²) in [6.45, 7) is -0.0493. The zero-order valence-corrected chi connectivity index (χ0v) is 14.6. The Kier molecular flexibility index (Phi) is 5.00. The summed E-state index contributed by atoms with van der Waals surface area (Å²) < 4.78 is 5.37. The lowest BCUT2D eigenvalue weighted by Gasteiger charge is -2.21. The van der Waals surface area contributed by atoms with Crippen LogP contribution >= 0.6 is 0 Å². The molecule has 0 bridgehead atoms. The highest BCUT2D eigenvalue weighted by Gasteiger charge is 2.15. The Bertz CT molecular complexity index is 867. The third-order valence-corrected chi connectivity index (χ3v) is 4.13. The lowest BCUT2D eigenvalue weighted by Crippen LogP contribution is -2.17. The van der Waals surface area contributed by atoms with Gasteiger partial charge in [0.05, 0.1) is 19.8 Å². The molecule has 3 rings (SSSR count). The van der Waals surface area contributed by atoms with Crippen LogP contribution in [-0.2, 0) is 0 Å². The molecule has 130 valence electrons. The van der Waals surface area contributed by atoms with Crippen LogP contribution in [0.5, 0.6) is 5.75 Å². The van der Waals surface area contributed by atoms with E-state index in [-0.39, 0.29) is 12.6 Å². The molecule has 0 saturated carbocycles. The Balaban J connectivity index is 1.97. The maximum absolute atomic E-state index is 9.90. The average molecular weight is 338 g/mol. The lowest BCUT2D eigenvalue weighted by molar-refractivity contribution is 0.276. The molecule has 1 aromatic heterocycles. The Morgan fingerprint density at radius 2 is 1.96 bits per heavy atom. The van der Waals surface area contributed by atoms with Crippen molar-refractivity contribution >= 4 is 22.4 Å². The predicted molar refractivity (Wildman–Crippen MR) is 100 cm³/mol. The van der Waals surface area contributed by atoms with Crippen LogP contribution < -0.4 is 15.0 Å². The number of hydrogen-bond donors (Lipinski definition) is 2. The Morgan fingerprint density at radius 1 is 1.16 bits per heavy atom. The molecule has 1 atom stereocenters. The van der Waals surface area contributed by atoms with Gasteiger partial charge >= 0.3 is 0 Å². The van der Waals surface area contributed by atoms with Crippen molar-refractivity contribution in [3.8, 4) is 5.75 Å². The van der Waals surface area contributed by atoms with E-state index in [2.05, 4.69) is 21.4 Å². The summed E-state index contributed by atoms with van der Waals surface area (Å²) in [4.78, 5) is 10.7. The minimum absolute atomic E-state index is 0.0493. The number of nitrogens with one attached hydrogen (secondary N) is 1. The summed E-state index contributed by atoms with van der Waals surface area (Å²) in [6, 6.07) is 13.5. The maximum atomic E-state index is 9.90. The molecule has 6 nitrogen and oxygen atoms in total. The fraction of sp³-hybridized carbons (Fsp3) is 0.263. The van der Waals surface area contributed by atoms with Crippen LogP contribution in [0.3, 0.4) is 0 Å². The molecule has 0 aliphatic heterocycles. The molecular weight excluding hydrogens is 316 g/mol. The van der Waals surface area contributed by atoms with Crippen molar-refractivity contribution in [1.82, 2.24) is 9.97 Å². The molecule has 0 radical (unpaired) electrons. The predicted octanol–water partition coefficient (Wildman–Crippen LogP) is 2.85. The average Bonchev–Trinajstić information content (AvgIpc) is 2.65. The minimum atomic E-state index is -0.274. The highest BCUT2D eigenvalue weighted by atomic mass is 16.5. The van der Waals surface area contributed by atoms with E-state index in [4.69, 9.17) is 4.74 Å². The molecule has 0 unspecified atom stereocenters. The fourth-order valence-corrected chi connectivity index (χ4v) is 2.76. The van der Waals surface area contributed by atoms with Gasteiger partial charge in [-0.1, -0.05) is 18.2 Å². The SMILES string of the molecule is COc1cccc2c(N[C@@H](CO)c3cccc(N(C)C)c3)ncnc12. The van der Waals surface area contributed by atoms with Gasteiger partial charge in [-0.2, -0.15) is 0 Å². The molecule has 6 heteroatoms. The number of anilines is 2. The molecule has 3 aromatic rings. The molecule has 0 aliphatic rings. The largest absolute Gasteiger partial charge is 0.494 e. The van der Waals surface area contributed by atoms with Crippen molar-refractivity contribution in [2.75, 3.05) is 38.0 Å². The maximum Gasteiger partial charge on any atom is 0.145 e. The van der Waals surface area contributed by atoms with Crippen LogP contribution in [0.4, 0.5) is 11.5 Å². The second-order valence-electron chi connectivity index (χ2n) is 5.95. The molecular formula is C19H22N4O2. The highest BCUT2D eigenvalue weighted by Crippen LogP contribution is 2.29. The van der Waals surface area contributed by atoms with Gasteiger partial charge in [0.1, 0.15) is 23.4 Å². The Morgan fingerprint density at radius 3 is 2.68 bits per heavy atom. The van der Waals surface area contributed by atoms with E-state index in [1.165, 1.54) is 6.33 Å². The quantitative estimate of drug-likeness (QED) is 0.720. The summed E-state index contributed by atoms with van der Waals surface area (Å²) in [7, 11) is 5.60. The van der Waals surface area contributed by atoms with E-state index in [1.54, 1.807) is 7.11 Å². The number of aliphatic hydroxyl groups is 1. The third-order valence-electron chi connectivity index (χ3n) is 4.13. The van der Waals surface area contributed by atoms with E-state index in [0.717, 1.165) is 22.2 Å². The van der Waals surface area contributed by atoms with Crippen molar-refractivity contribution in [3.05, 3.63) is 54.4 Å². The van der Waals surface area contributed by atoms with Gasteiger partial charge in [0.25, 0.3) is 0 Å². The smallest absolute Gasteiger partial charge is 0.145 e. The number of aromatic nitrogens is 2. The summed E-state index contributed by atoms with van der Waals surface area (Å²) in [6.07, 6.45) is 1.50. The summed E-state index contributed by atoms with van der Waals surface area (Å²) in [5.74, 6) is 1.36. The van der Waals surface area contributed by atoms with Crippen molar-refractivity contribution in [2.24, 2.45) is 0 Å². The van der Waals surface area contributed by atoms with Crippen LogP contribution in [-0.4, -0.2) is 42.9 Å². The van der Waals surface area contributed by atoms with Gasteiger partial charge in [0.15, 0.2) is 0 Å². The van der Waals surface area contributed by atoms with Crippen LogP contribution in [0, 0.1) is 0 Å². The molecule has 2 N–H and O–H groups in total. The summed E-state index contributed by atoms with van der Waals surface area (Å²) >= 11 is 0. The minimum Gasteiger partial charge on any atom is -0.494 e. The zero-order valence-electron chi connectivity index (χ0n) is 14.6. The van der Waals surface area contributed by atoms with Crippen LogP contribution in [0.15, 0.2) is 48.8 Å². The molecule has 0 amide bonds. The topological polar surface area (TPSA) is 70.5 Å². The van der Waals surface area contributed by atoms with Crippen LogP contribution in [0.25, 0.3) is 10.9 Å². The number of rotatable bonds is 6. The third kappa shape index (κ3) is 3.49. The number of para-hydroxylation sites is 1. The van der Waals surface area contributed by atoms with Gasteiger partial charge in [-0.25, -0.2) is 9.97 Å². The van der Waals surface area contributed by atoms with Crippen molar-refractivity contribution in [1.29, 1.82) is 0 Å². The molecule has 2 aromatic carbocycles. The van der Waals surface area contributed by atoms with E-state index >= 15 is 0 Å². The second-order valence-corrected chi connectivity index (χ2v) is 5.95. The number of nitrogens with zero attached hydrogens (tertiary/aromatic N) is 3. The first-order valence-electron chi connectivity index (χ1n) is 8.06. The van der Waals surface area contributed by atoms with E-state index in [9.17, 15) is 5.11 Å². The Labute approximate surface area is 147 Å². The van der Waals surface area contributed by atoms with Crippen molar-refractivity contribution in [3.63, 3.8) is 0 Å². The number of hydrogen-bond acceptors (Lipinski definition) is 6.